The number of pyridine rings is 1. The van der Waals surface area contributed by atoms with Crippen LogP contribution in [0.2, 0.25) is 0 Å². The van der Waals surface area contributed by atoms with E-state index in [0.29, 0.717) is 32.5 Å². The first-order valence-electron chi connectivity index (χ1n) is 10.1. The quantitative estimate of drug-likeness (QED) is 0.652. The third-order valence-corrected chi connectivity index (χ3v) is 5.70. The predicted octanol–water partition coefficient (Wildman–Crippen LogP) is 3.18. The van der Waals surface area contributed by atoms with Gasteiger partial charge >= 0.3 is 0 Å². The number of nitrogens with zero attached hydrogens (tertiary/aromatic N) is 4. The van der Waals surface area contributed by atoms with Crippen LogP contribution in [0.3, 0.4) is 0 Å². The summed E-state index contributed by atoms with van der Waals surface area (Å²) in [5, 5.41) is 0. The number of carbonyl (C=O) groups is 2. The molecule has 1 fully saturated rings. The number of aromatic nitrogens is 2. The van der Waals surface area contributed by atoms with Crippen molar-refractivity contribution in [3.63, 3.8) is 0 Å². The van der Waals surface area contributed by atoms with Crippen molar-refractivity contribution in [2.75, 3.05) is 13.6 Å². The highest BCUT2D eigenvalue weighted by Crippen LogP contribution is 2.23. The smallest absolute Gasteiger partial charge is 0.227 e. The standard InChI is InChI=1S/C23H25FN4O2/c1-16-20(28-11-4-3-8-21(28)25-16)15-26(2)23(30)18-9-10-22(29)27(14-18)13-17-6-5-7-19(24)12-17/h3-8,11-12,18H,9-10,13-15H2,1-2H3/t18-/m1/s1. The number of rotatable bonds is 5. The van der Waals surface area contributed by atoms with Crippen molar-refractivity contribution in [1.82, 2.24) is 19.2 Å². The van der Waals surface area contributed by atoms with Crippen LogP contribution in [-0.2, 0) is 22.7 Å². The highest BCUT2D eigenvalue weighted by Gasteiger charge is 2.32. The number of aryl methyl sites for hydroxylation is 1. The average Bonchev–Trinajstić information content (AvgIpc) is 3.04. The molecule has 0 spiro atoms. The van der Waals surface area contributed by atoms with Crippen LogP contribution in [0.25, 0.3) is 5.65 Å². The molecule has 2 amide bonds. The minimum atomic E-state index is -0.326. The van der Waals surface area contributed by atoms with E-state index in [2.05, 4.69) is 4.98 Å². The van der Waals surface area contributed by atoms with E-state index in [-0.39, 0.29) is 23.5 Å². The summed E-state index contributed by atoms with van der Waals surface area (Å²) in [6.07, 6.45) is 2.81. The van der Waals surface area contributed by atoms with Crippen LogP contribution < -0.4 is 0 Å². The van der Waals surface area contributed by atoms with Crippen LogP contribution in [0, 0.1) is 18.7 Å². The van der Waals surface area contributed by atoms with Crippen molar-refractivity contribution < 1.29 is 14.0 Å². The Morgan fingerprint density at radius 2 is 2.10 bits per heavy atom. The van der Waals surface area contributed by atoms with Crippen LogP contribution in [0.4, 0.5) is 4.39 Å². The lowest BCUT2D eigenvalue weighted by atomic mass is 9.95. The molecule has 30 heavy (non-hydrogen) atoms. The maximum atomic E-state index is 13.5. The molecule has 0 radical (unpaired) electrons. The van der Waals surface area contributed by atoms with Crippen molar-refractivity contribution in [1.29, 1.82) is 0 Å². The maximum Gasteiger partial charge on any atom is 0.227 e. The highest BCUT2D eigenvalue weighted by molar-refractivity contribution is 5.83. The van der Waals surface area contributed by atoms with E-state index in [1.807, 2.05) is 35.7 Å². The Morgan fingerprint density at radius 1 is 1.27 bits per heavy atom. The van der Waals surface area contributed by atoms with E-state index in [4.69, 9.17) is 0 Å². The third-order valence-electron chi connectivity index (χ3n) is 5.70. The van der Waals surface area contributed by atoms with Gasteiger partial charge < -0.3 is 14.2 Å². The molecule has 2 aromatic heterocycles. The van der Waals surface area contributed by atoms with E-state index in [1.165, 1.54) is 12.1 Å². The minimum Gasteiger partial charge on any atom is -0.340 e. The third kappa shape index (κ3) is 4.06. The van der Waals surface area contributed by atoms with E-state index in [1.54, 1.807) is 29.0 Å². The van der Waals surface area contributed by atoms with Crippen molar-refractivity contribution in [2.24, 2.45) is 5.92 Å². The summed E-state index contributed by atoms with van der Waals surface area (Å²) in [5.41, 5.74) is 3.46. The normalized spacial score (nSPS) is 16.8. The first-order valence-corrected chi connectivity index (χ1v) is 10.1. The van der Waals surface area contributed by atoms with Gasteiger partial charge in [-0.1, -0.05) is 18.2 Å². The molecule has 0 N–H and O–H groups in total. The summed E-state index contributed by atoms with van der Waals surface area (Å²) in [7, 11) is 1.79. The van der Waals surface area contributed by atoms with E-state index < -0.39 is 0 Å². The molecule has 1 aliphatic heterocycles. The number of hydrogen-bond acceptors (Lipinski definition) is 3. The number of fused-ring (bicyclic) bond motifs is 1. The fraction of sp³-hybridized carbons (Fsp3) is 0.348. The fourth-order valence-corrected chi connectivity index (χ4v) is 4.09. The van der Waals surface area contributed by atoms with Gasteiger partial charge in [-0.25, -0.2) is 9.37 Å². The Bertz CT molecular complexity index is 1090. The monoisotopic (exact) mass is 408 g/mol. The van der Waals surface area contributed by atoms with Crippen molar-refractivity contribution >= 4 is 17.5 Å². The SMILES string of the molecule is Cc1nc2ccccn2c1CN(C)C(=O)[C@@H]1CCC(=O)N(Cc2cccc(F)c2)C1. The van der Waals surface area contributed by atoms with E-state index in [9.17, 15) is 14.0 Å². The molecule has 3 aromatic rings. The van der Waals surface area contributed by atoms with E-state index in [0.717, 1.165) is 22.6 Å². The van der Waals surface area contributed by atoms with Gasteiger partial charge in [0.05, 0.1) is 23.9 Å². The summed E-state index contributed by atoms with van der Waals surface area (Å²) in [5.74, 6) is -0.575. The van der Waals surface area contributed by atoms with Gasteiger partial charge in [-0.05, 0) is 43.2 Å². The molecule has 7 heteroatoms. The lowest BCUT2D eigenvalue weighted by molar-refractivity contribution is -0.143. The molecule has 1 aromatic carbocycles. The lowest BCUT2D eigenvalue weighted by Crippen LogP contribution is -2.45. The minimum absolute atomic E-state index is 0.00333. The molecule has 1 atom stereocenters. The topological polar surface area (TPSA) is 57.9 Å². The number of carbonyl (C=O) groups excluding carboxylic acids is 2. The summed E-state index contributed by atoms with van der Waals surface area (Å²) >= 11 is 0. The second-order valence-electron chi connectivity index (χ2n) is 7.91. The molecule has 1 aliphatic rings. The van der Waals surface area contributed by atoms with Gasteiger partial charge in [-0.15, -0.1) is 0 Å². The molecule has 4 rings (SSSR count). The molecule has 0 aliphatic carbocycles. The Kier molecular flexibility index (Phi) is 5.53. The van der Waals surface area contributed by atoms with E-state index >= 15 is 0 Å². The largest absolute Gasteiger partial charge is 0.340 e. The van der Waals surface area contributed by atoms with Gasteiger partial charge in [0.15, 0.2) is 0 Å². The molecule has 0 unspecified atom stereocenters. The first kappa shape index (κ1) is 20.1. The molecule has 1 saturated heterocycles. The number of halogens is 1. The molecular formula is C23H25FN4O2. The van der Waals surface area contributed by atoms with Crippen LogP contribution >= 0.6 is 0 Å². The Labute approximate surface area is 174 Å². The van der Waals surface area contributed by atoms with Crippen LogP contribution in [0.15, 0.2) is 48.7 Å². The van der Waals surface area contributed by atoms with Gasteiger partial charge in [0.2, 0.25) is 11.8 Å². The van der Waals surface area contributed by atoms with Gasteiger partial charge in [0, 0.05) is 32.8 Å². The summed E-state index contributed by atoms with van der Waals surface area (Å²) < 4.78 is 15.5. The van der Waals surface area contributed by atoms with Crippen LogP contribution in [-0.4, -0.2) is 44.6 Å². The molecule has 156 valence electrons. The zero-order valence-corrected chi connectivity index (χ0v) is 17.2. The van der Waals surface area contributed by atoms with Crippen LogP contribution in [0.1, 0.15) is 29.8 Å². The maximum absolute atomic E-state index is 13.5. The summed E-state index contributed by atoms with van der Waals surface area (Å²) in [6, 6.07) is 12.1. The molecule has 6 nitrogen and oxygen atoms in total. The number of imidazole rings is 1. The number of hydrogen-bond donors (Lipinski definition) is 0. The zero-order valence-electron chi connectivity index (χ0n) is 17.2. The number of piperidine rings is 1. The summed E-state index contributed by atoms with van der Waals surface area (Å²) in [6.45, 7) is 3.06. The van der Waals surface area contributed by atoms with Crippen molar-refractivity contribution in [2.45, 2.75) is 32.9 Å². The summed E-state index contributed by atoms with van der Waals surface area (Å²) in [4.78, 5) is 33.4. The highest BCUT2D eigenvalue weighted by atomic mass is 19.1. The number of likely N-dealkylation sites (tertiary alicyclic amines) is 1. The lowest BCUT2D eigenvalue weighted by Gasteiger charge is -2.34. The van der Waals surface area contributed by atoms with Gasteiger partial charge in [-0.3, -0.25) is 9.59 Å². The Hall–Kier alpha value is -3.22. The Morgan fingerprint density at radius 3 is 2.90 bits per heavy atom. The number of amides is 2. The Balaban J connectivity index is 1.45. The van der Waals surface area contributed by atoms with Gasteiger partial charge in [0.25, 0.3) is 0 Å². The molecule has 0 saturated carbocycles. The zero-order chi connectivity index (χ0) is 21.3. The second-order valence-corrected chi connectivity index (χ2v) is 7.91. The second kappa shape index (κ2) is 8.26. The fourth-order valence-electron chi connectivity index (χ4n) is 4.09. The molecular weight excluding hydrogens is 383 g/mol. The number of benzene rings is 1. The predicted molar refractivity (Wildman–Crippen MR) is 111 cm³/mol. The molecule has 3 heterocycles. The van der Waals surface area contributed by atoms with Crippen LogP contribution in [0.5, 0.6) is 0 Å². The van der Waals surface area contributed by atoms with Crippen molar-refractivity contribution in [3.8, 4) is 0 Å². The van der Waals surface area contributed by atoms with Gasteiger partial charge in [-0.2, -0.15) is 0 Å². The first-order chi connectivity index (χ1) is 14.4. The molecule has 0 bridgehead atoms. The van der Waals surface area contributed by atoms with Gasteiger partial charge in [0.1, 0.15) is 11.5 Å². The average molecular weight is 408 g/mol. The van der Waals surface area contributed by atoms with Crippen molar-refractivity contribution in [3.05, 3.63) is 71.4 Å².